The molecule has 1 amide bonds. The number of nitrogens with one attached hydrogen (secondary N) is 1. The van der Waals surface area contributed by atoms with Crippen LogP contribution in [-0.2, 0) is 4.79 Å². The average Bonchev–Trinajstić information content (AvgIpc) is 2.14. The van der Waals surface area contributed by atoms with Crippen LogP contribution in [0.2, 0.25) is 0 Å². The normalized spacial score (nSPS) is 17.2. The number of carbonyl (C=O) groups excluding carboxylic acids is 1. The summed E-state index contributed by atoms with van der Waals surface area (Å²) in [4.78, 5) is 11.3. The number of amides is 1. The highest BCUT2D eigenvalue weighted by Crippen LogP contribution is 2.08. The molecule has 0 aliphatic carbocycles. The minimum absolute atomic E-state index is 0.0656. The molecule has 0 saturated carbocycles. The van der Waals surface area contributed by atoms with Gasteiger partial charge >= 0.3 is 0 Å². The molecule has 0 saturated heterocycles. The number of rotatable bonds is 6. The van der Waals surface area contributed by atoms with Crippen molar-refractivity contribution >= 4 is 5.91 Å². The third-order valence-electron chi connectivity index (χ3n) is 2.36. The summed E-state index contributed by atoms with van der Waals surface area (Å²) >= 11 is 0. The van der Waals surface area contributed by atoms with Gasteiger partial charge in [0.1, 0.15) is 0 Å². The number of hydrogen-bond acceptors (Lipinski definition) is 3. The van der Waals surface area contributed by atoms with E-state index in [1.165, 1.54) is 0 Å². The lowest BCUT2D eigenvalue weighted by Crippen LogP contribution is -2.48. The van der Waals surface area contributed by atoms with E-state index in [-0.39, 0.29) is 12.5 Å². The fourth-order valence-corrected chi connectivity index (χ4v) is 0.979. The summed E-state index contributed by atoms with van der Waals surface area (Å²) in [6.45, 7) is 5.29. The molecule has 0 aliphatic heterocycles. The van der Waals surface area contributed by atoms with E-state index < -0.39 is 11.6 Å². The van der Waals surface area contributed by atoms with Gasteiger partial charge in [0.2, 0.25) is 5.91 Å². The van der Waals surface area contributed by atoms with Crippen LogP contribution in [0.3, 0.4) is 0 Å². The Kier molecular flexibility index (Phi) is 5.72. The van der Waals surface area contributed by atoms with Gasteiger partial charge in [-0.15, -0.1) is 0 Å². The summed E-state index contributed by atoms with van der Waals surface area (Å²) in [6.07, 6.45) is 0.983. The first-order valence-electron chi connectivity index (χ1n) is 5.03. The Labute approximate surface area is 85.3 Å². The highest BCUT2D eigenvalue weighted by Gasteiger charge is 2.22. The number of carbonyl (C=O) groups is 1. The lowest BCUT2D eigenvalue weighted by atomic mass is 10.00. The zero-order valence-corrected chi connectivity index (χ0v) is 9.21. The highest BCUT2D eigenvalue weighted by atomic mass is 16.3. The fourth-order valence-electron chi connectivity index (χ4n) is 0.979. The predicted octanol–water partition coefficient (Wildman–Crippen LogP) is 0.425. The van der Waals surface area contributed by atoms with Crippen LogP contribution in [0.5, 0.6) is 0 Å². The van der Waals surface area contributed by atoms with Gasteiger partial charge in [0.05, 0.1) is 18.2 Å². The van der Waals surface area contributed by atoms with Crippen LogP contribution in [0.25, 0.3) is 0 Å². The third kappa shape index (κ3) is 5.19. The van der Waals surface area contributed by atoms with E-state index in [1.807, 2.05) is 6.92 Å². The topological polar surface area (TPSA) is 69.6 Å². The molecule has 2 unspecified atom stereocenters. The number of aliphatic hydroxyl groups excluding tert-OH is 2. The molecule has 0 aromatic rings. The van der Waals surface area contributed by atoms with Crippen molar-refractivity contribution in [2.75, 3.05) is 6.61 Å². The maximum atomic E-state index is 11.3. The van der Waals surface area contributed by atoms with E-state index in [9.17, 15) is 4.79 Å². The summed E-state index contributed by atoms with van der Waals surface area (Å²) in [5, 5.41) is 20.8. The van der Waals surface area contributed by atoms with Gasteiger partial charge in [-0.25, -0.2) is 0 Å². The molecule has 0 aromatic carbocycles. The Hall–Kier alpha value is -0.610. The van der Waals surface area contributed by atoms with Crippen LogP contribution in [-0.4, -0.2) is 34.4 Å². The van der Waals surface area contributed by atoms with Crippen LogP contribution in [0.1, 0.15) is 40.0 Å². The fraction of sp³-hybridized carbons (Fsp3) is 0.900. The van der Waals surface area contributed by atoms with Crippen LogP contribution < -0.4 is 5.32 Å². The molecule has 0 fully saturated rings. The Morgan fingerprint density at radius 1 is 1.57 bits per heavy atom. The smallest absolute Gasteiger partial charge is 0.220 e. The second kappa shape index (κ2) is 5.98. The van der Waals surface area contributed by atoms with Gasteiger partial charge < -0.3 is 15.5 Å². The van der Waals surface area contributed by atoms with Gasteiger partial charge in [-0.2, -0.15) is 0 Å². The molecule has 0 radical (unpaired) electrons. The first kappa shape index (κ1) is 13.4. The SMILES string of the molecule is CCC(C)(CO)NC(=O)CCC(C)O. The highest BCUT2D eigenvalue weighted by molar-refractivity contribution is 5.76. The van der Waals surface area contributed by atoms with Gasteiger partial charge in [-0.1, -0.05) is 6.92 Å². The van der Waals surface area contributed by atoms with Crippen molar-refractivity contribution < 1.29 is 15.0 Å². The van der Waals surface area contributed by atoms with E-state index in [0.717, 1.165) is 0 Å². The monoisotopic (exact) mass is 203 g/mol. The Morgan fingerprint density at radius 3 is 2.50 bits per heavy atom. The summed E-state index contributed by atoms with van der Waals surface area (Å²) < 4.78 is 0. The van der Waals surface area contributed by atoms with Gasteiger partial charge in [0.25, 0.3) is 0 Å². The van der Waals surface area contributed by atoms with Crippen LogP contribution >= 0.6 is 0 Å². The van der Waals surface area contributed by atoms with Crippen molar-refractivity contribution in [3.05, 3.63) is 0 Å². The maximum absolute atomic E-state index is 11.3. The quantitative estimate of drug-likeness (QED) is 0.586. The lowest BCUT2D eigenvalue weighted by Gasteiger charge is -2.27. The molecule has 0 spiro atoms. The second-order valence-electron chi connectivity index (χ2n) is 4.01. The molecule has 0 bridgehead atoms. The summed E-state index contributed by atoms with van der Waals surface area (Å²) in [6, 6.07) is 0. The molecule has 84 valence electrons. The molecule has 4 heteroatoms. The maximum Gasteiger partial charge on any atom is 0.220 e. The molecule has 2 atom stereocenters. The van der Waals surface area contributed by atoms with Gasteiger partial charge in [0, 0.05) is 6.42 Å². The zero-order valence-electron chi connectivity index (χ0n) is 9.21. The molecule has 3 N–H and O–H groups in total. The number of aliphatic hydroxyl groups is 2. The van der Waals surface area contributed by atoms with E-state index in [1.54, 1.807) is 13.8 Å². The molecular weight excluding hydrogens is 182 g/mol. The standard InChI is InChI=1S/C10H21NO3/c1-4-10(3,7-12)11-9(14)6-5-8(2)13/h8,12-13H,4-7H2,1-3H3,(H,11,14). The molecule has 0 aromatic heterocycles. The lowest BCUT2D eigenvalue weighted by molar-refractivity contribution is -0.124. The van der Waals surface area contributed by atoms with E-state index in [2.05, 4.69) is 5.32 Å². The average molecular weight is 203 g/mol. The first-order chi connectivity index (χ1) is 6.43. The Bertz CT molecular complexity index is 176. The van der Waals surface area contributed by atoms with Gasteiger partial charge in [-0.3, -0.25) is 4.79 Å². The summed E-state index contributed by atoms with van der Waals surface area (Å²) in [7, 11) is 0. The molecule has 4 nitrogen and oxygen atoms in total. The van der Waals surface area contributed by atoms with Gasteiger partial charge in [0.15, 0.2) is 0 Å². The Balaban J connectivity index is 3.92. The summed E-state index contributed by atoms with van der Waals surface area (Å²) in [5.74, 6) is -0.121. The summed E-state index contributed by atoms with van der Waals surface area (Å²) in [5.41, 5.74) is -0.532. The molecule has 0 heterocycles. The molecule has 14 heavy (non-hydrogen) atoms. The second-order valence-corrected chi connectivity index (χ2v) is 4.01. The predicted molar refractivity (Wildman–Crippen MR) is 54.8 cm³/mol. The van der Waals surface area contributed by atoms with Crippen LogP contribution in [0.4, 0.5) is 0 Å². The minimum atomic E-state index is -0.532. The van der Waals surface area contributed by atoms with Crippen molar-refractivity contribution in [2.45, 2.75) is 51.7 Å². The van der Waals surface area contributed by atoms with Crippen molar-refractivity contribution in [3.8, 4) is 0 Å². The Morgan fingerprint density at radius 2 is 2.14 bits per heavy atom. The van der Waals surface area contributed by atoms with Crippen molar-refractivity contribution in [1.29, 1.82) is 0 Å². The van der Waals surface area contributed by atoms with Crippen LogP contribution in [0.15, 0.2) is 0 Å². The van der Waals surface area contributed by atoms with Crippen LogP contribution in [0, 0.1) is 0 Å². The first-order valence-corrected chi connectivity index (χ1v) is 5.03. The van der Waals surface area contributed by atoms with E-state index >= 15 is 0 Å². The van der Waals surface area contributed by atoms with Crippen molar-refractivity contribution in [2.24, 2.45) is 0 Å². The van der Waals surface area contributed by atoms with E-state index in [0.29, 0.717) is 19.3 Å². The molecule has 0 rings (SSSR count). The molecular formula is C10H21NO3. The van der Waals surface area contributed by atoms with E-state index in [4.69, 9.17) is 10.2 Å². The van der Waals surface area contributed by atoms with Crippen molar-refractivity contribution in [3.63, 3.8) is 0 Å². The largest absolute Gasteiger partial charge is 0.394 e. The third-order valence-corrected chi connectivity index (χ3v) is 2.36. The minimum Gasteiger partial charge on any atom is -0.394 e. The van der Waals surface area contributed by atoms with Crippen molar-refractivity contribution in [1.82, 2.24) is 5.32 Å². The number of hydrogen-bond donors (Lipinski definition) is 3. The zero-order chi connectivity index (χ0) is 11.2. The van der Waals surface area contributed by atoms with Gasteiger partial charge in [-0.05, 0) is 26.7 Å². The molecule has 0 aliphatic rings.